The van der Waals surface area contributed by atoms with Crippen LogP contribution in [0, 0.1) is 0 Å². The Labute approximate surface area is 106 Å². The first-order valence-corrected chi connectivity index (χ1v) is 8.49. The van der Waals surface area contributed by atoms with Gasteiger partial charge in [0.25, 0.3) is 0 Å². The first kappa shape index (κ1) is 16.3. The Morgan fingerprint density at radius 3 is 2.24 bits per heavy atom. The van der Waals surface area contributed by atoms with E-state index in [0.29, 0.717) is 6.61 Å². The van der Waals surface area contributed by atoms with Crippen LogP contribution in [0.2, 0.25) is 12.1 Å². The highest BCUT2D eigenvalue weighted by Gasteiger charge is 2.32. The summed E-state index contributed by atoms with van der Waals surface area (Å²) < 4.78 is 17.1. The van der Waals surface area contributed by atoms with Crippen LogP contribution in [0.4, 0.5) is 4.39 Å². The summed E-state index contributed by atoms with van der Waals surface area (Å²) in [6.07, 6.45) is 2.91. The van der Waals surface area contributed by atoms with E-state index in [1.54, 1.807) is 0 Å². The molecule has 0 aromatic rings. The van der Waals surface area contributed by atoms with Crippen LogP contribution in [0.25, 0.3) is 0 Å². The van der Waals surface area contributed by atoms with Gasteiger partial charge in [0.2, 0.25) is 0 Å². The van der Waals surface area contributed by atoms with Crippen LogP contribution in [-0.4, -0.2) is 28.0 Å². The predicted octanol–water partition coefficient (Wildman–Crippen LogP) is 4.23. The smallest absolute Gasteiger partial charge is 0.113 e. The van der Waals surface area contributed by atoms with E-state index in [1.807, 2.05) is 6.08 Å². The average Bonchev–Trinajstić information content (AvgIpc) is 2.26. The van der Waals surface area contributed by atoms with E-state index in [4.69, 9.17) is 4.74 Å². The molecule has 0 fully saturated rings. The maximum atomic E-state index is 11.9. The molecule has 98 valence electrons. The fourth-order valence-electron chi connectivity index (χ4n) is 2.12. The van der Waals surface area contributed by atoms with Crippen molar-refractivity contribution in [1.82, 2.24) is 0 Å². The molecule has 17 heavy (non-hydrogen) atoms. The molecule has 0 saturated heterocycles. The lowest BCUT2D eigenvalue weighted by molar-refractivity contribution is 0.119. The van der Waals surface area contributed by atoms with Crippen molar-refractivity contribution in [1.29, 1.82) is 0 Å². The van der Waals surface area contributed by atoms with Gasteiger partial charge in [-0.25, -0.2) is 4.39 Å². The molecule has 0 radical (unpaired) electrons. The number of ether oxygens (including phenoxy) is 1. The lowest BCUT2D eigenvalue weighted by atomic mass is 10.5. The number of hydrogen-bond donors (Lipinski definition) is 0. The third-order valence-electron chi connectivity index (χ3n) is 3.24. The Morgan fingerprint density at radius 1 is 1.24 bits per heavy atom. The third kappa shape index (κ3) is 5.00. The molecule has 0 aliphatic rings. The topological polar surface area (TPSA) is 9.23 Å². The summed E-state index contributed by atoms with van der Waals surface area (Å²) in [6.45, 7) is 16.7. The van der Waals surface area contributed by atoms with E-state index >= 15 is 0 Å². The fraction of sp³-hybridized carbons (Fsp3) is 0.571. The summed E-state index contributed by atoms with van der Waals surface area (Å²) in [5.74, 6) is 0. The number of alkyl halides is 1. The number of hydrogen-bond acceptors (Lipinski definition) is 1. The van der Waals surface area contributed by atoms with Crippen molar-refractivity contribution >= 4 is 8.07 Å². The zero-order chi connectivity index (χ0) is 13.3. The van der Waals surface area contributed by atoms with Crippen LogP contribution in [-0.2, 0) is 4.74 Å². The zero-order valence-electron chi connectivity index (χ0n) is 11.2. The molecule has 0 aliphatic carbocycles. The molecule has 0 aliphatic heterocycles. The molecule has 0 amide bonds. The van der Waals surface area contributed by atoms with E-state index in [2.05, 4.69) is 33.6 Å². The molecular formula is C14H25FOSi. The lowest BCUT2D eigenvalue weighted by Gasteiger charge is -2.32. The van der Waals surface area contributed by atoms with Crippen LogP contribution in [0.3, 0.4) is 0 Å². The molecule has 0 bridgehead atoms. The van der Waals surface area contributed by atoms with Gasteiger partial charge in [0, 0.05) is 6.61 Å². The second kappa shape index (κ2) is 8.42. The summed E-state index contributed by atoms with van der Waals surface area (Å²) in [7, 11) is -1.69. The Balaban J connectivity index is 4.42. The van der Waals surface area contributed by atoms with Crippen molar-refractivity contribution < 1.29 is 9.13 Å². The Morgan fingerprint density at radius 2 is 1.82 bits per heavy atom. The van der Waals surface area contributed by atoms with Gasteiger partial charge < -0.3 is 4.74 Å². The van der Waals surface area contributed by atoms with Gasteiger partial charge in [0.05, 0.1) is 6.61 Å². The van der Waals surface area contributed by atoms with E-state index in [-0.39, 0.29) is 6.61 Å². The second-order valence-corrected chi connectivity index (χ2v) is 9.32. The standard InChI is InChI=1S/C14H25FOSi/c1-6-11-17(13(2)3,14(4)5)12-7-9-16-10-8-15/h6H,1-2,4,7-12H2,3,5H3. The Hall–Kier alpha value is -0.673. The summed E-state index contributed by atoms with van der Waals surface area (Å²) in [5.41, 5.74) is 0. The first-order chi connectivity index (χ1) is 8.01. The number of allylic oxidation sites excluding steroid dienone is 3. The van der Waals surface area contributed by atoms with Gasteiger partial charge in [-0.1, -0.05) is 16.5 Å². The van der Waals surface area contributed by atoms with Crippen molar-refractivity contribution in [3.8, 4) is 0 Å². The first-order valence-electron chi connectivity index (χ1n) is 6.08. The summed E-state index contributed by atoms with van der Waals surface area (Å²) in [4.78, 5) is 0. The summed E-state index contributed by atoms with van der Waals surface area (Å²) in [6, 6.07) is 2.05. The van der Waals surface area contributed by atoms with E-state index < -0.39 is 14.7 Å². The van der Waals surface area contributed by atoms with Crippen LogP contribution >= 0.6 is 0 Å². The maximum Gasteiger partial charge on any atom is 0.113 e. The minimum absolute atomic E-state index is 0.205. The number of rotatable bonds is 10. The van der Waals surface area contributed by atoms with E-state index in [0.717, 1.165) is 18.5 Å². The Bertz CT molecular complexity index is 259. The highest BCUT2D eigenvalue weighted by atomic mass is 28.3. The molecule has 3 heteroatoms. The summed E-state index contributed by atoms with van der Waals surface area (Å²) >= 11 is 0. The van der Waals surface area contributed by atoms with Crippen molar-refractivity contribution in [2.24, 2.45) is 0 Å². The molecule has 0 N–H and O–H groups in total. The van der Waals surface area contributed by atoms with Crippen LogP contribution in [0.15, 0.2) is 36.2 Å². The average molecular weight is 256 g/mol. The lowest BCUT2D eigenvalue weighted by Crippen LogP contribution is -2.37. The van der Waals surface area contributed by atoms with E-state index in [1.165, 1.54) is 10.4 Å². The minimum Gasteiger partial charge on any atom is -0.379 e. The molecule has 0 rings (SSSR count). The highest BCUT2D eigenvalue weighted by molar-refractivity contribution is 6.92. The summed E-state index contributed by atoms with van der Waals surface area (Å²) in [5, 5.41) is 2.49. The predicted molar refractivity (Wildman–Crippen MR) is 76.6 cm³/mol. The van der Waals surface area contributed by atoms with Gasteiger partial charge in [-0.2, -0.15) is 0 Å². The molecule has 0 atom stereocenters. The van der Waals surface area contributed by atoms with Gasteiger partial charge in [-0.3, -0.25) is 0 Å². The van der Waals surface area contributed by atoms with Gasteiger partial charge in [-0.05, 0) is 32.4 Å². The molecule has 0 aromatic carbocycles. The van der Waals surface area contributed by atoms with Gasteiger partial charge in [0.15, 0.2) is 0 Å². The van der Waals surface area contributed by atoms with Crippen LogP contribution in [0.1, 0.15) is 20.3 Å². The molecule has 0 saturated carbocycles. The minimum atomic E-state index is -1.69. The van der Waals surface area contributed by atoms with Gasteiger partial charge >= 0.3 is 0 Å². The monoisotopic (exact) mass is 256 g/mol. The second-order valence-electron chi connectivity index (χ2n) is 4.54. The molecule has 0 heterocycles. The normalized spacial score (nSPS) is 11.2. The van der Waals surface area contributed by atoms with Crippen molar-refractivity contribution in [3.05, 3.63) is 36.2 Å². The maximum absolute atomic E-state index is 11.9. The number of halogens is 1. The molecular weight excluding hydrogens is 231 g/mol. The molecule has 1 nitrogen and oxygen atoms in total. The van der Waals surface area contributed by atoms with Crippen molar-refractivity contribution in [3.63, 3.8) is 0 Å². The largest absolute Gasteiger partial charge is 0.379 e. The highest BCUT2D eigenvalue weighted by Crippen LogP contribution is 2.31. The molecule has 0 unspecified atom stereocenters. The van der Waals surface area contributed by atoms with Crippen LogP contribution < -0.4 is 0 Å². The zero-order valence-corrected chi connectivity index (χ0v) is 12.2. The third-order valence-corrected chi connectivity index (χ3v) is 8.70. The fourth-order valence-corrected chi connectivity index (χ4v) is 5.84. The SMILES string of the molecule is C=CC[Si](CCCOCCF)(C(=C)C)C(=C)C. The van der Waals surface area contributed by atoms with Gasteiger partial charge in [-0.15, -0.1) is 19.7 Å². The van der Waals surface area contributed by atoms with Gasteiger partial charge in [0.1, 0.15) is 14.7 Å². The van der Waals surface area contributed by atoms with Crippen molar-refractivity contribution in [2.45, 2.75) is 32.4 Å². The quantitative estimate of drug-likeness (QED) is 0.323. The molecule has 0 spiro atoms. The molecule has 0 aromatic heterocycles. The van der Waals surface area contributed by atoms with Crippen LogP contribution in [0.5, 0.6) is 0 Å². The van der Waals surface area contributed by atoms with E-state index in [9.17, 15) is 4.39 Å². The van der Waals surface area contributed by atoms with Crippen molar-refractivity contribution in [2.75, 3.05) is 19.9 Å². The Kier molecular flexibility index (Phi) is 8.09.